The molecule has 1 unspecified atom stereocenters. The summed E-state index contributed by atoms with van der Waals surface area (Å²) < 4.78 is 5.38. The van der Waals surface area contributed by atoms with E-state index in [1.807, 2.05) is 20.0 Å². The van der Waals surface area contributed by atoms with Gasteiger partial charge in [-0.25, -0.2) is 0 Å². The van der Waals surface area contributed by atoms with Gasteiger partial charge in [-0.1, -0.05) is 6.92 Å². The molecule has 0 aliphatic heterocycles. The molecule has 2 rings (SSSR count). The van der Waals surface area contributed by atoms with Crippen molar-refractivity contribution in [1.82, 2.24) is 4.98 Å². The predicted molar refractivity (Wildman–Crippen MR) is 67.3 cm³/mol. The molecule has 1 aromatic rings. The second kappa shape index (κ2) is 4.30. The molecule has 0 amide bonds. The number of ether oxygens (including phenoxy) is 1. The van der Waals surface area contributed by atoms with Crippen molar-refractivity contribution in [2.45, 2.75) is 46.1 Å². The Hall–Kier alpha value is -1.09. The Morgan fingerprint density at radius 3 is 2.65 bits per heavy atom. The molecular formula is C14H21NO2. The molecule has 1 heterocycles. The molecule has 1 saturated carbocycles. The number of hydrogen-bond donors (Lipinski definition) is 1. The van der Waals surface area contributed by atoms with E-state index in [0.29, 0.717) is 6.42 Å². The number of pyridine rings is 1. The van der Waals surface area contributed by atoms with Crippen LogP contribution in [0.4, 0.5) is 0 Å². The van der Waals surface area contributed by atoms with Crippen LogP contribution in [0, 0.1) is 19.3 Å². The van der Waals surface area contributed by atoms with Crippen LogP contribution in [-0.2, 0) is 6.42 Å². The van der Waals surface area contributed by atoms with Crippen LogP contribution < -0.4 is 4.74 Å². The highest BCUT2D eigenvalue weighted by atomic mass is 16.5. The minimum absolute atomic E-state index is 0.117. The first-order chi connectivity index (χ1) is 7.98. The number of rotatable bonds is 4. The molecule has 1 fully saturated rings. The highest BCUT2D eigenvalue weighted by Gasteiger charge is 2.44. The predicted octanol–water partition coefficient (Wildman–Crippen LogP) is 2.41. The van der Waals surface area contributed by atoms with Gasteiger partial charge in [-0.2, -0.15) is 0 Å². The molecule has 3 nitrogen and oxygen atoms in total. The van der Waals surface area contributed by atoms with E-state index in [-0.39, 0.29) is 11.5 Å². The number of nitrogens with zero attached hydrogens (tertiary/aromatic N) is 1. The molecule has 1 atom stereocenters. The summed E-state index contributed by atoms with van der Waals surface area (Å²) in [6.07, 6.45) is 4.40. The molecule has 0 aromatic carbocycles. The third kappa shape index (κ3) is 2.29. The normalized spacial score (nSPS) is 18.9. The number of aryl methyl sites for hydroxylation is 1. The molecule has 17 heavy (non-hydrogen) atoms. The number of aromatic nitrogens is 1. The summed E-state index contributed by atoms with van der Waals surface area (Å²) in [6, 6.07) is 0. The molecular weight excluding hydrogens is 214 g/mol. The van der Waals surface area contributed by atoms with E-state index >= 15 is 0 Å². The van der Waals surface area contributed by atoms with Crippen LogP contribution in [0.5, 0.6) is 5.75 Å². The Bertz CT molecular complexity index is 424. The highest BCUT2D eigenvalue weighted by molar-refractivity contribution is 5.41. The van der Waals surface area contributed by atoms with Crippen LogP contribution in [0.3, 0.4) is 0 Å². The second-order valence-corrected chi connectivity index (χ2v) is 5.42. The van der Waals surface area contributed by atoms with Gasteiger partial charge in [0.25, 0.3) is 0 Å². The molecule has 94 valence electrons. The quantitative estimate of drug-likeness (QED) is 0.871. The maximum atomic E-state index is 10.2. The van der Waals surface area contributed by atoms with Gasteiger partial charge in [0, 0.05) is 29.4 Å². The van der Waals surface area contributed by atoms with Crippen LogP contribution in [-0.4, -0.2) is 23.3 Å². The molecule has 0 saturated heterocycles. The lowest BCUT2D eigenvalue weighted by Crippen LogP contribution is -2.22. The molecule has 0 radical (unpaired) electrons. The zero-order valence-electron chi connectivity index (χ0n) is 11.1. The maximum Gasteiger partial charge on any atom is 0.128 e. The Labute approximate surface area is 103 Å². The van der Waals surface area contributed by atoms with E-state index in [1.54, 1.807) is 7.11 Å². The highest BCUT2D eigenvalue weighted by Crippen LogP contribution is 2.49. The van der Waals surface area contributed by atoms with Gasteiger partial charge in [0.05, 0.1) is 13.2 Å². The largest absolute Gasteiger partial charge is 0.496 e. The van der Waals surface area contributed by atoms with E-state index in [9.17, 15) is 5.11 Å². The number of hydrogen-bond acceptors (Lipinski definition) is 3. The summed E-state index contributed by atoms with van der Waals surface area (Å²) >= 11 is 0. The van der Waals surface area contributed by atoms with Crippen molar-refractivity contribution in [3.63, 3.8) is 0 Å². The van der Waals surface area contributed by atoms with Crippen LogP contribution in [0.25, 0.3) is 0 Å². The van der Waals surface area contributed by atoms with Crippen molar-refractivity contribution in [3.8, 4) is 5.75 Å². The van der Waals surface area contributed by atoms with Gasteiger partial charge in [0.2, 0.25) is 0 Å². The van der Waals surface area contributed by atoms with Gasteiger partial charge in [0.1, 0.15) is 5.75 Å². The fraction of sp³-hybridized carbons (Fsp3) is 0.643. The monoisotopic (exact) mass is 235 g/mol. The van der Waals surface area contributed by atoms with Crippen LogP contribution >= 0.6 is 0 Å². The molecule has 3 heteroatoms. The summed E-state index contributed by atoms with van der Waals surface area (Å²) in [5.41, 5.74) is 3.16. The zero-order valence-corrected chi connectivity index (χ0v) is 11.1. The third-order valence-electron chi connectivity index (χ3n) is 3.98. The second-order valence-electron chi connectivity index (χ2n) is 5.42. The van der Waals surface area contributed by atoms with Crippen molar-refractivity contribution >= 4 is 0 Å². The summed E-state index contributed by atoms with van der Waals surface area (Å²) in [5.74, 6) is 0.892. The van der Waals surface area contributed by atoms with Crippen molar-refractivity contribution in [2.24, 2.45) is 5.41 Å². The lowest BCUT2D eigenvalue weighted by molar-refractivity contribution is 0.102. The molecule has 0 bridgehead atoms. The number of methoxy groups -OCH3 is 1. The SMILES string of the molecule is COc1c(C)cnc(CC(O)C2(C)CC2)c1C. The summed E-state index contributed by atoms with van der Waals surface area (Å²) in [7, 11) is 1.68. The fourth-order valence-corrected chi connectivity index (χ4v) is 2.24. The van der Waals surface area contributed by atoms with Crippen molar-refractivity contribution < 1.29 is 9.84 Å². The lowest BCUT2D eigenvalue weighted by Gasteiger charge is -2.19. The van der Waals surface area contributed by atoms with Crippen LogP contribution in [0.15, 0.2) is 6.20 Å². The number of aliphatic hydroxyl groups is 1. The first kappa shape index (κ1) is 12.4. The first-order valence-electron chi connectivity index (χ1n) is 6.15. The van der Waals surface area contributed by atoms with E-state index in [2.05, 4.69) is 11.9 Å². The van der Waals surface area contributed by atoms with Crippen LogP contribution in [0.2, 0.25) is 0 Å². The Morgan fingerprint density at radius 2 is 2.12 bits per heavy atom. The summed E-state index contributed by atoms with van der Waals surface area (Å²) in [5, 5.41) is 10.2. The Kier molecular flexibility index (Phi) is 3.13. The number of aliphatic hydroxyl groups excluding tert-OH is 1. The molecule has 1 aliphatic carbocycles. The van der Waals surface area contributed by atoms with Crippen molar-refractivity contribution in [1.29, 1.82) is 0 Å². The Morgan fingerprint density at radius 1 is 1.47 bits per heavy atom. The van der Waals surface area contributed by atoms with E-state index in [4.69, 9.17) is 4.74 Å². The van der Waals surface area contributed by atoms with Gasteiger partial charge in [-0.15, -0.1) is 0 Å². The molecule has 1 aliphatic rings. The van der Waals surface area contributed by atoms with Crippen molar-refractivity contribution in [2.75, 3.05) is 7.11 Å². The zero-order chi connectivity index (χ0) is 12.6. The third-order valence-corrected chi connectivity index (χ3v) is 3.98. The van der Waals surface area contributed by atoms with Gasteiger partial charge in [0.15, 0.2) is 0 Å². The van der Waals surface area contributed by atoms with Gasteiger partial charge < -0.3 is 9.84 Å². The topological polar surface area (TPSA) is 42.4 Å². The van der Waals surface area contributed by atoms with E-state index < -0.39 is 0 Å². The average molecular weight is 235 g/mol. The van der Waals surface area contributed by atoms with Gasteiger partial charge >= 0.3 is 0 Å². The summed E-state index contributed by atoms with van der Waals surface area (Å²) in [6.45, 7) is 6.13. The van der Waals surface area contributed by atoms with Gasteiger partial charge in [-0.05, 0) is 32.1 Å². The van der Waals surface area contributed by atoms with Gasteiger partial charge in [-0.3, -0.25) is 4.98 Å². The smallest absolute Gasteiger partial charge is 0.128 e. The standard InChI is InChI=1S/C14H21NO2/c1-9-8-15-11(10(2)13(9)17-4)7-12(16)14(3)5-6-14/h8,12,16H,5-7H2,1-4H3. The minimum atomic E-state index is -0.291. The minimum Gasteiger partial charge on any atom is -0.496 e. The maximum absolute atomic E-state index is 10.2. The first-order valence-corrected chi connectivity index (χ1v) is 6.15. The van der Waals surface area contributed by atoms with Crippen LogP contribution in [0.1, 0.15) is 36.6 Å². The lowest BCUT2D eigenvalue weighted by atomic mass is 9.95. The van der Waals surface area contributed by atoms with E-state index in [1.165, 1.54) is 0 Å². The fourth-order valence-electron chi connectivity index (χ4n) is 2.24. The molecule has 1 aromatic heterocycles. The van der Waals surface area contributed by atoms with Crippen molar-refractivity contribution in [3.05, 3.63) is 23.0 Å². The Balaban J connectivity index is 2.21. The molecule has 0 spiro atoms. The summed E-state index contributed by atoms with van der Waals surface area (Å²) in [4.78, 5) is 4.43. The average Bonchev–Trinajstić information content (AvgIpc) is 3.03. The van der Waals surface area contributed by atoms with E-state index in [0.717, 1.165) is 35.4 Å². The molecule has 1 N–H and O–H groups in total.